The number of hydrogen-bond acceptors (Lipinski definition) is 3. The van der Waals surface area contributed by atoms with Gasteiger partial charge in [-0.15, -0.1) is 0 Å². The summed E-state index contributed by atoms with van der Waals surface area (Å²) in [5.74, 6) is -0.371. The van der Waals surface area contributed by atoms with Gasteiger partial charge in [0.25, 0.3) is 0 Å². The fourth-order valence-electron chi connectivity index (χ4n) is 1.10. The van der Waals surface area contributed by atoms with Gasteiger partial charge in [-0.05, 0) is 27.2 Å². The van der Waals surface area contributed by atoms with Crippen LogP contribution in [0.25, 0.3) is 0 Å². The number of esters is 1. The van der Waals surface area contributed by atoms with Crippen molar-refractivity contribution >= 4 is 5.97 Å². The highest BCUT2D eigenvalue weighted by Crippen LogP contribution is 2.20. The van der Waals surface area contributed by atoms with Crippen LogP contribution in [0, 0.1) is 0 Å². The standard InChI is InChI=1S/C12H22O3/c1-6-11(13)15-12(5,7-2)8-9-14-10(3)4/h6,10H,1,7-9H2,2-5H3/t12-/m0/s1. The number of carbonyl (C=O) groups is 1. The molecule has 0 aromatic carbocycles. The fraction of sp³-hybridized carbons (Fsp3) is 0.750. The Morgan fingerprint density at radius 1 is 1.53 bits per heavy atom. The smallest absolute Gasteiger partial charge is 0.330 e. The number of rotatable bonds is 7. The SMILES string of the molecule is C=CC(=O)O[C@@](C)(CC)CCOC(C)C. The summed E-state index contributed by atoms with van der Waals surface area (Å²) >= 11 is 0. The largest absolute Gasteiger partial charge is 0.456 e. The van der Waals surface area contributed by atoms with Crippen LogP contribution in [0.3, 0.4) is 0 Å². The van der Waals surface area contributed by atoms with Crippen LogP contribution in [-0.2, 0) is 14.3 Å². The van der Waals surface area contributed by atoms with Crippen molar-refractivity contribution in [3.63, 3.8) is 0 Å². The summed E-state index contributed by atoms with van der Waals surface area (Å²) in [7, 11) is 0. The van der Waals surface area contributed by atoms with Gasteiger partial charge in [0.05, 0.1) is 12.7 Å². The maximum atomic E-state index is 11.1. The third kappa shape index (κ3) is 6.28. The Balaban J connectivity index is 4.06. The van der Waals surface area contributed by atoms with E-state index in [1.807, 2.05) is 27.7 Å². The zero-order valence-electron chi connectivity index (χ0n) is 10.2. The molecule has 0 saturated carbocycles. The molecule has 0 aliphatic heterocycles. The predicted octanol–water partition coefficient (Wildman–Crippen LogP) is 2.70. The summed E-state index contributed by atoms with van der Waals surface area (Å²) in [6, 6.07) is 0. The summed E-state index contributed by atoms with van der Waals surface area (Å²) in [4.78, 5) is 11.1. The fourth-order valence-corrected chi connectivity index (χ4v) is 1.10. The molecule has 0 aromatic heterocycles. The molecule has 15 heavy (non-hydrogen) atoms. The minimum Gasteiger partial charge on any atom is -0.456 e. The molecular weight excluding hydrogens is 192 g/mol. The summed E-state index contributed by atoms with van der Waals surface area (Å²) in [5.41, 5.74) is -0.444. The first kappa shape index (κ1) is 14.2. The Bertz CT molecular complexity index is 211. The van der Waals surface area contributed by atoms with Gasteiger partial charge in [-0.1, -0.05) is 13.5 Å². The van der Waals surface area contributed by atoms with Crippen LogP contribution < -0.4 is 0 Å². The van der Waals surface area contributed by atoms with Crippen LogP contribution in [-0.4, -0.2) is 24.3 Å². The molecule has 0 rings (SSSR count). The van der Waals surface area contributed by atoms with Gasteiger partial charge in [0, 0.05) is 12.5 Å². The van der Waals surface area contributed by atoms with Crippen molar-refractivity contribution in [3.05, 3.63) is 12.7 Å². The second-order valence-electron chi connectivity index (χ2n) is 4.10. The molecule has 0 aliphatic rings. The number of hydrogen-bond donors (Lipinski definition) is 0. The van der Waals surface area contributed by atoms with Gasteiger partial charge in [-0.3, -0.25) is 0 Å². The summed E-state index contributed by atoms with van der Waals surface area (Å²) in [6.45, 7) is 11.9. The highest BCUT2D eigenvalue weighted by Gasteiger charge is 2.25. The Morgan fingerprint density at radius 3 is 2.53 bits per heavy atom. The first-order valence-corrected chi connectivity index (χ1v) is 5.40. The highest BCUT2D eigenvalue weighted by molar-refractivity contribution is 5.81. The Morgan fingerprint density at radius 2 is 2.13 bits per heavy atom. The zero-order chi connectivity index (χ0) is 11.9. The minimum atomic E-state index is -0.444. The molecule has 0 heterocycles. The van der Waals surface area contributed by atoms with E-state index < -0.39 is 5.60 Å². The molecule has 0 saturated heterocycles. The molecule has 0 aromatic rings. The molecule has 0 unspecified atom stereocenters. The van der Waals surface area contributed by atoms with Gasteiger partial charge in [-0.25, -0.2) is 4.79 Å². The van der Waals surface area contributed by atoms with Crippen molar-refractivity contribution < 1.29 is 14.3 Å². The topological polar surface area (TPSA) is 35.5 Å². The second-order valence-corrected chi connectivity index (χ2v) is 4.10. The zero-order valence-corrected chi connectivity index (χ0v) is 10.2. The maximum Gasteiger partial charge on any atom is 0.330 e. The molecule has 0 radical (unpaired) electrons. The second kappa shape index (κ2) is 6.62. The molecule has 3 heteroatoms. The summed E-state index contributed by atoms with van der Waals surface area (Å²) in [6.07, 6.45) is 2.88. The first-order valence-electron chi connectivity index (χ1n) is 5.40. The van der Waals surface area contributed by atoms with E-state index in [1.54, 1.807) is 0 Å². The average molecular weight is 214 g/mol. The van der Waals surface area contributed by atoms with Crippen molar-refractivity contribution in [3.8, 4) is 0 Å². The van der Waals surface area contributed by atoms with Crippen LogP contribution >= 0.6 is 0 Å². The predicted molar refractivity (Wildman–Crippen MR) is 60.7 cm³/mol. The maximum absolute atomic E-state index is 11.1. The van der Waals surface area contributed by atoms with E-state index in [9.17, 15) is 4.79 Å². The third-order valence-corrected chi connectivity index (χ3v) is 2.34. The molecule has 88 valence electrons. The van der Waals surface area contributed by atoms with E-state index in [2.05, 4.69) is 6.58 Å². The number of ether oxygens (including phenoxy) is 2. The molecule has 0 spiro atoms. The third-order valence-electron chi connectivity index (χ3n) is 2.34. The van der Waals surface area contributed by atoms with Crippen molar-refractivity contribution in [2.24, 2.45) is 0 Å². The van der Waals surface area contributed by atoms with Gasteiger partial charge < -0.3 is 9.47 Å². The van der Waals surface area contributed by atoms with Crippen LogP contribution in [0.4, 0.5) is 0 Å². The highest BCUT2D eigenvalue weighted by atomic mass is 16.6. The monoisotopic (exact) mass is 214 g/mol. The molecule has 0 fully saturated rings. The van der Waals surface area contributed by atoms with Crippen molar-refractivity contribution in [2.75, 3.05) is 6.61 Å². The van der Waals surface area contributed by atoms with Gasteiger partial charge in [0.2, 0.25) is 0 Å². The van der Waals surface area contributed by atoms with Crippen molar-refractivity contribution in [1.29, 1.82) is 0 Å². The molecule has 0 aliphatic carbocycles. The quantitative estimate of drug-likeness (QED) is 0.483. The van der Waals surface area contributed by atoms with Crippen molar-refractivity contribution in [1.82, 2.24) is 0 Å². The lowest BCUT2D eigenvalue weighted by Gasteiger charge is -2.28. The van der Waals surface area contributed by atoms with E-state index in [1.165, 1.54) is 6.08 Å². The van der Waals surface area contributed by atoms with Crippen molar-refractivity contribution in [2.45, 2.75) is 52.2 Å². The van der Waals surface area contributed by atoms with E-state index in [0.29, 0.717) is 13.0 Å². The van der Waals surface area contributed by atoms with Gasteiger partial charge >= 0.3 is 5.97 Å². The Labute approximate surface area is 92.5 Å². The minimum absolute atomic E-state index is 0.209. The molecular formula is C12H22O3. The summed E-state index contributed by atoms with van der Waals surface area (Å²) < 4.78 is 10.7. The lowest BCUT2D eigenvalue weighted by molar-refractivity contribution is -0.154. The lowest BCUT2D eigenvalue weighted by Crippen LogP contribution is -2.32. The molecule has 1 atom stereocenters. The van der Waals surface area contributed by atoms with Crippen LogP contribution in [0.5, 0.6) is 0 Å². The van der Waals surface area contributed by atoms with Gasteiger partial charge in [0.1, 0.15) is 5.60 Å². The molecule has 0 amide bonds. The Kier molecular flexibility index (Phi) is 6.25. The number of carbonyl (C=O) groups excluding carboxylic acids is 1. The first-order chi connectivity index (χ1) is 6.93. The normalized spacial score (nSPS) is 14.7. The summed E-state index contributed by atoms with van der Waals surface area (Å²) in [5, 5.41) is 0. The lowest BCUT2D eigenvalue weighted by atomic mass is 9.99. The van der Waals surface area contributed by atoms with Gasteiger partial charge in [0.15, 0.2) is 0 Å². The van der Waals surface area contributed by atoms with E-state index in [0.717, 1.165) is 6.42 Å². The molecule has 0 N–H and O–H groups in total. The molecule has 3 nitrogen and oxygen atoms in total. The molecule has 0 bridgehead atoms. The van der Waals surface area contributed by atoms with E-state index in [-0.39, 0.29) is 12.1 Å². The van der Waals surface area contributed by atoms with Crippen LogP contribution in [0.2, 0.25) is 0 Å². The average Bonchev–Trinajstić information content (AvgIpc) is 2.17. The van der Waals surface area contributed by atoms with Crippen LogP contribution in [0.15, 0.2) is 12.7 Å². The Hall–Kier alpha value is -0.830. The van der Waals surface area contributed by atoms with Crippen LogP contribution in [0.1, 0.15) is 40.5 Å². The van der Waals surface area contributed by atoms with Gasteiger partial charge in [-0.2, -0.15) is 0 Å². The van der Waals surface area contributed by atoms with E-state index >= 15 is 0 Å². The van der Waals surface area contributed by atoms with E-state index in [4.69, 9.17) is 9.47 Å².